The molecular weight excluding hydrogens is 92.1 g/mol. The van der Waals surface area contributed by atoms with Crippen molar-refractivity contribution in [2.24, 2.45) is 0 Å². The minimum atomic E-state index is 0.0450. The first kappa shape index (κ1) is 6.63. The zero-order chi connectivity index (χ0) is 5.70. The largest absolute Gasteiger partial charge is 0.374 e. The summed E-state index contributed by atoms with van der Waals surface area (Å²) >= 11 is 0. The van der Waals surface area contributed by atoms with E-state index in [2.05, 4.69) is 11.7 Å². The van der Waals surface area contributed by atoms with Gasteiger partial charge >= 0.3 is 0 Å². The highest BCUT2D eigenvalue weighted by Crippen LogP contribution is 1.71. The van der Waals surface area contributed by atoms with Crippen LogP contribution in [0.2, 0.25) is 0 Å². The summed E-state index contributed by atoms with van der Waals surface area (Å²) in [5.41, 5.74) is 0. The van der Waals surface area contributed by atoms with Crippen molar-refractivity contribution in [2.75, 3.05) is 13.2 Å². The molecule has 0 saturated carbocycles. The van der Waals surface area contributed by atoms with Crippen LogP contribution in [0.3, 0.4) is 0 Å². The summed E-state index contributed by atoms with van der Waals surface area (Å²) in [5.74, 6) is 0.0450. The van der Waals surface area contributed by atoms with Gasteiger partial charge < -0.3 is 4.74 Å². The molecule has 0 aromatic carbocycles. The number of rotatable bonds is 3. The summed E-state index contributed by atoms with van der Waals surface area (Å²) in [6.45, 7) is 5.44. The third-order valence-electron chi connectivity index (χ3n) is 0.450. The number of hydrogen-bond donors (Lipinski definition) is 0. The number of Topliss-reactive ketones (excluding diaryl/α,β-unsaturated/α-hetero) is 1. The molecule has 1 radical (unpaired) electrons. The second-order valence-corrected chi connectivity index (χ2v) is 1.25. The van der Waals surface area contributed by atoms with Gasteiger partial charge in [0.25, 0.3) is 0 Å². The highest BCUT2D eigenvalue weighted by atomic mass is 16.5. The van der Waals surface area contributed by atoms with E-state index in [4.69, 9.17) is 0 Å². The van der Waals surface area contributed by atoms with E-state index in [1.165, 1.54) is 6.92 Å². The highest BCUT2D eigenvalue weighted by Gasteiger charge is 1.86. The van der Waals surface area contributed by atoms with Gasteiger partial charge in [-0.15, -0.1) is 0 Å². The normalized spacial score (nSPS) is 8.86. The van der Waals surface area contributed by atoms with Crippen LogP contribution in [-0.4, -0.2) is 19.0 Å². The molecule has 41 valence electrons. The summed E-state index contributed by atoms with van der Waals surface area (Å²) in [7, 11) is 0. The van der Waals surface area contributed by atoms with E-state index >= 15 is 0 Å². The van der Waals surface area contributed by atoms with Crippen LogP contribution < -0.4 is 0 Å². The molecule has 0 aliphatic carbocycles. The lowest BCUT2D eigenvalue weighted by Crippen LogP contribution is -2.02. The summed E-state index contributed by atoms with van der Waals surface area (Å²) < 4.78 is 4.63. The first-order valence-corrected chi connectivity index (χ1v) is 2.14. The minimum Gasteiger partial charge on any atom is -0.374 e. The Bertz CT molecular complexity index is 59.1. The number of ether oxygens (including phenoxy) is 1. The van der Waals surface area contributed by atoms with E-state index in [9.17, 15) is 4.79 Å². The zero-order valence-corrected chi connectivity index (χ0v) is 4.44. The zero-order valence-electron chi connectivity index (χ0n) is 4.44. The average molecular weight is 101 g/mol. The number of carbonyl (C=O) groups is 1. The molecule has 0 N–H and O–H groups in total. The standard InChI is InChI=1S/C5H9O2/c1-3-7-4-5(2)6/h1,3-4H2,2H3. The summed E-state index contributed by atoms with van der Waals surface area (Å²) in [5, 5.41) is 0. The molecule has 0 fully saturated rings. The second-order valence-electron chi connectivity index (χ2n) is 1.25. The Morgan fingerprint density at radius 3 is 2.57 bits per heavy atom. The highest BCUT2D eigenvalue weighted by molar-refractivity contribution is 5.76. The molecule has 0 aromatic heterocycles. The lowest BCUT2D eigenvalue weighted by molar-refractivity contribution is -0.121. The molecule has 7 heavy (non-hydrogen) atoms. The van der Waals surface area contributed by atoms with Gasteiger partial charge in [-0.3, -0.25) is 4.79 Å². The van der Waals surface area contributed by atoms with Crippen molar-refractivity contribution in [2.45, 2.75) is 6.92 Å². The van der Waals surface area contributed by atoms with Crippen LogP contribution in [0.5, 0.6) is 0 Å². The van der Waals surface area contributed by atoms with Crippen molar-refractivity contribution in [3.8, 4) is 0 Å². The third kappa shape index (κ3) is 5.63. The average Bonchev–Trinajstić information content (AvgIpc) is 1.61. The Kier molecular flexibility index (Phi) is 3.61. The molecule has 0 heterocycles. The summed E-state index contributed by atoms with van der Waals surface area (Å²) in [6, 6.07) is 0. The van der Waals surface area contributed by atoms with Crippen LogP contribution in [0.15, 0.2) is 0 Å². The Morgan fingerprint density at radius 2 is 2.43 bits per heavy atom. The molecule has 0 rings (SSSR count). The Labute approximate surface area is 43.5 Å². The monoisotopic (exact) mass is 101 g/mol. The first-order valence-electron chi connectivity index (χ1n) is 2.14. The smallest absolute Gasteiger partial charge is 0.155 e. The van der Waals surface area contributed by atoms with Gasteiger partial charge in [-0.1, -0.05) is 0 Å². The van der Waals surface area contributed by atoms with Crippen LogP contribution in [0, 0.1) is 6.92 Å². The predicted molar refractivity (Wildman–Crippen MR) is 26.9 cm³/mol. The molecule has 2 nitrogen and oxygen atoms in total. The van der Waals surface area contributed by atoms with E-state index in [1.807, 2.05) is 0 Å². The quantitative estimate of drug-likeness (QED) is 0.515. The van der Waals surface area contributed by atoms with Crippen molar-refractivity contribution in [3.05, 3.63) is 6.92 Å². The lowest BCUT2D eigenvalue weighted by Gasteiger charge is -1.91. The lowest BCUT2D eigenvalue weighted by atomic mass is 10.5. The van der Waals surface area contributed by atoms with E-state index in [0.717, 1.165) is 0 Å². The van der Waals surface area contributed by atoms with Gasteiger partial charge in [0.2, 0.25) is 0 Å². The number of carbonyl (C=O) groups excluding carboxylic acids is 1. The maximum Gasteiger partial charge on any atom is 0.155 e. The molecule has 0 unspecified atom stereocenters. The third-order valence-corrected chi connectivity index (χ3v) is 0.450. The molecule has 0 bridgehead atoms. The predicted octanol–water partition coefficient (Wildman–Crippen LogP) is 0.426. The van der Waals surface area contributed by atoms with Crippen molar-refractivity contribution in [1.29, 1.82) is 0 Å². The van der Waals surface area contributed by atoms with Crippen LogP contribution in [0.1, 0.15) is 6.92 Å². The van der Waals surface area contributed by atoms with Gasteiger partial charge in [0.15, 0.2) is 5.78 Å². The molecular formula is C5H9O2. The van der Waals surface area contributed by atoms with Gasteiger partial charge in [-0.05, 0) is 13.8 Å². The van der Waals surface area contributed by atoms with Crippen LogP contribution in [-0.2, 0) is 9.53 Å². The second kappa shape index (κ2) is 3.81. The fourth-order valence-electron chi connectivity index (χ4n) is 0.216. The SMILES string of the molecule is [CH2]COCC(C)=O. The first-order chi connectivity index (χ1) is 3.27. The Hall–Kier alpha value is -0.370. The molecule has 0 spiro atoms. The molecule has 0 aliphatic heterocycles. The van der Waals surface area contributed by atoms with Gasteiger partial charge in [-0.25, -0.2) is 0 Å². The minimum absolute atomic E-state index is 0.0450. The van der Waals surface area contributed by atoms with Crippen molar-refractivity contribution in [3.63, 3.8) is 0 Å². The molecule has 0 aliphatic rings. The maximum atomic E-state index is 10.0. The van der Waals surface area contributed by atoms with Gasteiger partial charge in [0.1, 0.15) is 6.61 Å². The summed E-state index contributed by atoms with van der Waals surface area (Å²) in [4.78, 5) is 10.0. The van der Waals surface area contributed by atoms with Crippen molar-refractivity contribution >= 4 is 5.78 Å². The van der Waals surface area contributed by atoms with Crippen molar-refractivity contribution in [1.82, 2.24) is 0 Å². The molecule has 0 atom stereocenters. The molecule has 0 amide bonds. The van der Waals surface area contributed by atoms with Crippen LogP contribution in [0.4, 0.5) is 0 Å². The van der Waals surface area contributed by atoms with E-state index in [0.29, 0.717) is 6.61 Å². The van der Waals surface area contributed by atoms with Gasteiger partial charge in [-0.2, -0.15) is 0 Å². The van der Waals surface area contributed by atoms with Crippen molar-refractivity contribution < 1.29 is 9.53 Å². The molecule has 0 saturated heterocycles. The topological polar surface area (TPSA) is 26.3 Å². The molecule has 0 aromatic rings. The van der Waals surface area contributed by atoms with Crippen LogP contribution in [0.25, 0.3) is 0 Å². The Morgan fingerprint density at radius 1 is 1.86 bits per heavy atom. The number of ketones is 1. The van der Waals surface area contributed by atoms with E-state index < -0.39 is 0 Å². The fourth-order valence-corrected chi connectivity index (χ4v) is 0.216. The number of hydrogen-bond acceptors (Lipinski definition) is 2. The maximum absolute atomic E-state index is 10.0. The molecule has 2 heteroatoms. The fraction of sp³-hybridized carbons (Fsp3) is 0.600. The Balaban J connectivity index is 2.82. The van der Waals surface area contributed by atoms with Crippen LogP contribution >= 0.6 is 0 Å². The van der Waals surface area contributed by atoms with E-state index in [-0.39, 0.29) is 12.4 Å². The summed E-state index contributed by atoms with van der Waals surface area (Å²) in [6.07, 6.45) is 0. The van der Waals surface area contributed by atoms with Gasteiger partial charge in [0.05, 0.1) is 0 Å². The van der Waals surface area contributed by atoms with Gasteiger partial charge in [0, 0.05) is 6.61 Å². The van der Waals surface area contributed by atoms with E-state index in [1.54, 1.807) is 0 Å².